The van der Waals surface area contributed by atoms with Crippen LogP contribution in [0.15, 0.2) is 72.8 Å². The smallest absolute Gasteiger partial charge is 0.313 e. The van der Waals surface area contributed by atoms with Gasteiger partial charge in [-0.1, -0.05) is 72.8 Å². The van der Waals surface area contributed by atoms with E-state index >= 15 is 0 Å². The monoisotopic (exact) mass is 613 g/mol. The number of likely N-dealkylation sites (tertiary alicyclic amines) is 1. The standard InChI is InChI=1S/C35H39N3O7/c1-21-11-9-12-22(2)30(21)37-18-10-17-35-29(32(41)38(23(3)20-39)31(35)33(37)42)28-25(45-35)15-7-8-16-27(40)36-19-26(44-34(28)43)24-13-5-4-6-14-24/h4-7,9-15,17,23,25-26,28-29,31,39H,8,16,18-20H2,1-3H3,(H,36,40)/b15-7-/t23-,25-,26+,28+,29+,31-,35+/m1/s1. The number of para-hydroxylation sites is 1. The first-order valence-corrected chi connectivity index (χ1v) is 15.5. The van der Waals surface area contributed by atoms with Crippen molar-refractivity contribution in [1.82, 2.24) is 10.2 Å². The Morgan fingerprint density at radius 2 is 1.73 bits per heavy atom. The van der Waals surface area contributed by atoms with E-state index in [1.54, 1.807) is 30.1 Å². The number of aryl methyl sites for hydroxylation is 2. The van der Waals surface area contributed by atoms with E-state index in [0.29, 0.717) is 12.0 Å². The number of rotatable bonds is 4. The zero-order valence-corrected chi connectivity index (χ0v) is 25.7. The number of benzene rings is 2. The summed E-state index contributed by atoms with van der Waals surface area (Å²) in [5.41, 5.74) is 1.78. The molecule has 2 saturated heterocycles. The predicted octanol–water partition coefficient (Wildman–Crippen LogP) is 2.92. The van der Waals surface area contributed by atoms with E-state index in [1.165, 1.54) is 4.90 Å². The first-order valence-electron chi connectivity index (χ1n) is 15.5. The number of nitrogens with one attached hydrogen (secondary N) is 1. The molecule has 0 saturated carbocycles. The molecule has 236 valence electrons. The van der Waals surface area contributed by atoms with Crippen LogP contribution in [0, 0.1) is 25.7 Å². The molecule has 0 bridgehead atoms. The van der Waals surface area contributed by atoms with E-state index in [4.69, 9.17) is 9.47 Å². The van der Waals surface area contributed by atoms with Gasteiger partial charge in [0, 0.05) is 18.7 Å². The summed E-state index contributed by atoms with van der Waals surface area (Å²) >= 11 is 0. The normalized spacial score (nSPS) is 31.5. The highest BCUT2D eigenvalue weighted by atomic mass is 16.6. The second kappa shape index (κ2) is 12.3. The molecule has 6 rings (SSSR count). The number of aliphatic hydroxyl groups excluding tert-OH is 1. The molecule has 10 heteroatoms. The number of hydrogen-bond acceptors (Lipinski definition) is 7. The Balaban J connectivity index is 1.45. The van der Waals surface area contributed by atoms with Gasteiger partial charge in [-0.05, 0) is 43.9 Å². The SMILES string of the molecule is Cc1cccc(C)c1N1CC=C[C@]23O[C@@H]4/C=C\CCC(=O)NC[C@@H](c5ccccc5)OC(=O)[C@@H]4[C@H]2C(=O)N([C@H](C)CO)[C@@H]3C1=O. The van der Waals surface area contributed by atoms with Crippen LogP contribution < -0.4 is 10.2 Å². The number of ether oxygens (including phenoxy) is 2. The molecular formula is C35H39N3O7. The Labute approximate surface area is 262 Å². The summed E-state index contributed by atoms with van der Waals surface area (Å²) in [5.74, 6) is -3.78. The summed E-state index contributed by atoms with van der Waals surface area (Å²) in [6, 6.07) is 13.1. The van der Waals surface area contributed by atoms with Gasteiger partial charge in [0.05, 0.1) is 31.2 Å². The van der Waals surface area contributed by atoms with Crippen molar-refractivity contribution in [2.75, 3.05) is 24.6 Å². The van der Waals surface area contributed by atoms with Crippen LogP contribution in [0.25, 0.3) is 0 Å². The molecule has 4 aliphatic heterocycles. The minimum Gasteiger partial charge on any atom is -0.455 e. The average molecular weight is 614 g/mol. The minimum atomic E-state index is -1.49. The van der Waals surface area contributed by atoms with Crippen LogP contribution in [0.4, 0.5) is 5.69 Å². The summed E-state index contributed by atoms with van der Waals surface area (Å²) < 4.78 is 12.8. The highest BCUT2D eigenvalue weighted by Crippen LogP contribution is 2.54. The third kappa shape index (κ3) is 5.25. The minimum absolute atomic E-state index is 0.0692. The van der Waals surface area contributed by atoms with Gasteiger partial charge in [0.1, 0.15) is 23.7 Å². The molecule has 45 heavy (non-hydrogen) atoms. The Morgan fingerprint density at radius 3 is 2.44 bits per heavy atom. The number of anilines is 1. The van der Waals surface area contributed by atoms with Crippen molar-refractivity contribution < 1.29 is 33.8 Å². The molecule has 3 amide bonds. The van der Waals surface area contributed by atoms with E-state index in [2.05, 4.69) is 5.32 Å². The number of esters is 1. The van der Waals surface area contributed by atoms with Crippen LogP contribution in [-0.4, -0.2) is 77.2 Å². The summed E-state index contributed by atoms with van der Waals surface area (Å²) in [4.78, 5) is 59.0. The molecule has 4 heterocycles. The van der Waals surface area contributed by atoms with Gasteiger partial charge in [0.2, 0.25) is 11.8 Å². The van der Waals surface area contributed by atoms with Crippen molar-refractivity contribution in [3.63, 3.8) is 0 Å². The molecule has 1 spiro atoms. The fourth-order valence-corrected chi connectivity index (χ4v) is 7.34. The lowest BCUT2D eigenvalue weighted by atomic mass is 9.77. The van der Waals surface area contributed by atoms with Crippen LogP contribution >= 0.6 is 0 Å². The van der Waals surface area contributed by atoms with Crippen molar-refractivity contribution in [3.05, 3.63) is 89.5 Å². The van der Waals surface area contributed by atoms with Crippen LogP contribution in [0.3, 0.4) is 0 Å². The van der Waals surface area contributed by atoms with E-state index in [9.17, 15) is 24.3 Å². The summed E-state index contributed by atoms with van der Waals surface area (Å²) in [6.45, 7) is 5.49. The predicted molar refractivity (Wildman–Crippen MR) is 166 cm³/mol. The Kier molecular flexibility index (Phi) is 8.37. The number of fused-ring (bicyclic) bond motifs is 2. The molecule has 2 aromatic carbocycles. The second-order valence-corrected chi connectivity index (χ2v) is 12.3. The Hall–Kier alpha value is -4.28. The Morgan fingerprint density at radius 1 is 1.00 bits per heavy atom. The van der Waals surface area contributed by atoms with Gasteiger partial charge in [-0.25, -0.2) is 0 Å². The van der Waals surface area contributed by atoms with Crippen LogP contribution in [0.5, 0.6) is 0 Å². The molecule has 2 fully saturated rings. The first kappa shape index (κ1) is 30.7. The Bertz CT molecular complexity index is 1540. The third-order valence-corrected chi connectivity index (χ3v) is 9.43. The van der Waals surface area contributed by atoms with Crippen molar-refractivity contribution in [2.45, 2.75) is 63.5 Å². The molecule has 4 aliphatic rings. The van der Waals surface area contributed by atoms with E-state index in [-0.39, 0.29) is 37.9 Å². The van der Waals surface area contributed by atoms with Gasteiger partial charge in [-0.15, -0.1) is 0 Å². The molecule has 0 aromatic heterocycles. The molecular weight excluding hydrogens is 574 g/mol. The van der Waals surface area contributed by atoms with E-state index in [0.717, 1.165) is 16.8 Å². The first-order chi connectivity index (χ1) is 21.7. The second-order valence-electron chi connectivity index (χ2n) is 12.3. The number of nitrogens with zero attached hydrogens (tertiary/aromatic N) is 2. The molecule has 0 aliphatic carbocycles. The lowest BCUT2D eigenvalue weighted by Crippen LogP contribution is -2.58. The quantitative estimate of drug-likeness (QED) is 0.401. The zero-order valence-electron chi connectivity index (χ0n) is 25.7. The van der Waals surface area contributed by atoms with E-state index in [1.807, 2.05) is 68.5 Å². The van der Waals surface area contributed by atoms with Gasteiger partial charge in [-0.2, -0.15) is 0 Å². The number of amides is 3. The lowest BCUT2D eigenvalue weighted by molar-refractivity contribution is -0.160. The van der Waals surface area contributed by atoms with Gasteiger partial charge in [0.25, 0.3) is 5.91 Å². The number of cyclic esters (lactones) is 1. The van der Waals surface area contributed by atoms with Gasteiger partial charge < -0.3 is 29.7 Å². The zero-order chi connectivity index (χ0) is 31.9. The molecule has 0 radical (unpaired) electrons. The fourth-order valence-electron chi connectivity index (χ4n) is 7.34. The van der Waals surface area contributed by atoms with Gasteiger partial charge in [-0.3, -0.25) is 19.2 Å². The molecule has 2 N–H and O–H groups in total. The molecule has 0 unspecified atom stereocenters. The van der Waals surface area contributed by atoms with Crippen LogP contribution in [0.2, 0.25) is 0 Å². The lowest BCUT2D eigenvalue weighted by Gasteiger charge is -2.38. The number of carbonyl (C=O) groups excluding carboxylic acids is 4. The van der Waals surface area contributed by atoms with Crippen molar-refractivity contribution >= 4 is 29.4 Å². The number of allylic oxidation sites excluding steroid dienone is 1. The van der Waals surface area contributed by atoms with E-state index < -0.39 is 53.6 Å². The maximum absolute atomic E-state index is 14.7. The van der Waals surface area contributed by atoms with Crippen LogP contribution in [-0.2, 0) is 28.7 Å². The molecule has 2 aromatic rings. The van der Waals surface area contributed by atoms with Crippen LogP contribution in [0.1, 0.15) is 42.6 Å². The van der Waals surface area contributed by atoms with Crippen molar-refractivity contribution in [1.29, 1.82) is 0 Å². The maximum atomic E-state index is 14.7. The van der Waals surface area contributed by atoms with Gasteiger partial charge in [0.15, 0.2) is 0 Å². The summed E-state index contributed by atoms with van der Waals surface area (Å²) in [6.07, 6.45) is 6.03. The van der Waals surface area contributed by atoms with Crippen molar-refractivity contribution in [2.24, 2.45) is 11.8 Å². The topological polar surface area (TPSA) is 125 Å². The number of carbonyl (C=O) groups is 4. The maximum Gasteiger partial charge on any atom is 0.313 e. The number of aliphatic hydroxyl groups is 1. The third-order valence-electron chi connectivity index (χ3n) is 9.43. The molecule has 10 nitrogen and oxygen atoms in total. The molecule has 7 atom stereocenters. The fraction of sp³-hybridized carbons (Fsp3) is 0.429. The van der Waals surface area contributed by atoms with Crippen molar-refractivity contribution in [3.8, 4) is 0 Å². The summed E-state index contributed by atoms with van der Waals surface area (Å²) in [5, 5.41) is 13.1. The average Bonchev–Trinajstić information content (AvgIpc) is 3.42. The number of hydrogen-bond donors (Lipinski definition) is 2. The summed E-state index contributed by atoms with van der Waals surface area (Å²) in [7, 11) is 0. The highest BCUT2D eigenvalue weighted by Gasteiger charge is 2.72. The largest absolute Gasteiger partial charge is 0.455 e. The van der Waals surface area contributed by atoms with Gasteiger partial charge >= 0.3 is 5.97 Å². The highest BCUT2D eigenvalue weighted by molar-refractivity contribution is 6.06.